The quantitative estimate of drug-likeness (QED) is 0.846. The van der Waals surface area contributed by atoms with Crippen LogP contribution in [-0.4, -0.2) is 35.2 Å². The summed E-state index contributed by atoms with van der Waals surface area (Å²) in [6.07, 6.45) is 0.193. The van der Waals surface area contributed by atoms with Gasteiger partial charge in [0.15, 0.2) is 0 Å². The first-order valence-corrected chi connectivity index (χ1v) is 7.00. The number of aliphatic carboxylic acids is 1. The van der Waals surface area contributed by atoms with E-state index in [0.29, 0.717) is 10.6 Å². The van der Waals surface area contributed by atoms with Crippen LogP contribution < -0.4 is 5.32 Å². The summed E-state index contributed by atoms with van der Waals surface area (Å²) in [6, 6.07) is 5.34. The van der Waals surface area contributed by atoms with Crippen molar-refractivity contribution < 1.29 is 19.4 Å². The lowest BCUT2D eigenvalue weighted by molar-refractivity contribution is -0.140. The Balaban J connectivity index is 2.62. The second-order valence-electron chi connectivity index (χ2n) is 5.62. The largest absolute Gasteiger partial charge is 0.480 e. The highest BCUT2D eigenvalue weighted by molar-refractivity contribution is 6.30. The Morgan fingerprint density at radius 1 is 1.38 bits per heavy atom. The van der Waals surface area contributed by atoms with Crippen LogP contribution >= 0.6 is 11.6 Å². The van der Waals surface area contributed by atoms with Crippen LogP contribution in [0.5, 0.6) is 0 Å². The highest BCUT2D eigenvalue weighted by Gasteiger charge is 2.21. The minimum atomic E-state index is -1.09. The molecular weight excluding hydrogens is 294 g/mol. The topological polar surface area (TPSA) is 75.6 Å². The van der Waals surface area contributed by atoms with Crippen LogP contribution in [0.1, 0.15) is 37.6 Å². The number of hydrogen-bond donors (Lipinski definition) is 2. The van der Waals surface area contributed by atoms with Crippen molar-refractivity contribution in [3.8, 4) is 0 Å². The Morgan fingerprint density at radius 3 is 2.57 bits per heavy atom. The van der Waals surface area contributed by atoms with Gasteiger partial charge in [-0.25, -0.2) is 4.79 Å². The smallest absolute Gasteiger partial charge is 0.326 e. The molecule has 116 valence electrons. The summed E-state index contributed by atoms with van der Waals surface area (Å²) in [5.41, 5.74) is -0.0227. The standard InChI is InChI=1S/C15H20ClNO4/c1-15(2,3)21-8-7-12(14(19)20)17-13(18)10-5-4-6-11(16)9-10/h4-6,9,12H,7-8H2,1-3H3,(H,17,18)(H,19,20). The molecule has 0 heterocycles. The van der Waals surface area contributed by atoms with Crippen molar-refractivity contribution >= 4 is 23.5 Å². The Labute approximate surface area is 129 Å². The number of carbonyl (C=O) groups excluding carboxylic acids is 1. The number of nitrogens with one attached hydrogen (secondary N) is 1. The maximum absolute atomic E-state index is 12.0. The van der Waals surface area contributed by atoms with Gasteiger partial charge >= 0.3 is 5.97 Å². The fraction of sp³-hybridized carbons (Fsp3) is 0.467. The van der Waals surface area contributed by atoms with Crippen LogP contribution in [0.3, 0.4) is 0 Å². The summed E-state index contributed by atoms with van der Waals surface area (Å²) in [5, 5.41) is 12.0. The van der Waals surface area contributed by atoms with Crippen LogP contribution in [-0.2, 0) is 9.53 Å². The lowest BCUT2D eigenvalue weighted by atomic mass is 10.1. The van der Waals surface area contributed by atoms with E-state index in [0.717, 1.165) is 0 Å². The molecule has 0 radical (unpaired) electrons. The van der Waals surface area contributed by atoms with Crippen LogP contribution in [0, 0.1) is 0 Å². The molecule has 0 aliphatic carbocycles. The van der Waals surface area contributed by atoms with Gasteiger partial charge in [-0.2, -0.15) is 0 Å². The van der Waals surface area contributed by atoms with Gasteiger partial charge in [0.25, 0.3) is 5.91 Å². The Hall–Kier alpha value is -1.59. The lowest BCUT2D eigenvalue weighted by Gasteiger charge is -2.21. The van der Waals surface area contributed by atoms with Crippen molar-refractivity contribution in [3.05, 3.63) is 34.9 Å². The number of ether oxygens (including phenoxy) is 1. The summed E-state index contributed by atoms with van der Waals surface area (Å²) < 4.78 is 5.48. The maximum Gasteiger partial charge on any atom is 0.326 e. The second-order valence-corrected chi connectivity index (χ2v) is 6.06. The molecule has 1 aromatic carbocycles. The molecule has 1 unspecified atom stereocenters. The van der Waals surface area contributed by atoms with Crippen molar-refractivity contribution in [3.63, 3.8) is 0 Å². The van der Waals surface area contributed by atoms with Crippen LogP contribution in [0.4, 0.5) is 0 Å². The molecule has 1 amide bonds. The SMILES string of the molecule is CC(C)(C)OCCC(NC(=O)c1cccc(Cl)c1)C(=O)O. The molecule has 0 aliphatic rings. The number of hydrogen-bond acceptors (Lipinski definition) is 3. The lowest BCUT2D eigenvalue weighted by Crippen LogP contribution is -2.42. The number of carboxylic acid groups (broad SMARTS) is 1. The number of halogens is 1. The predicted octanol–water partition coefficient (Wildman–Crippen LogP) is 2.73. The molecule has 0 aromatic heterocycles. The Bertz CT molecular complexity index is 511. The van der Waals surface area contributed by atoms with Gasteiger partial charge in [0.1, 0.15) is 6.04 Å². The third-order valence-electron chi connectivity index (χ3n) is 2.63. The first-order chi connectivity index (χ1) is 9.69. The normalized spacial score (nSPS) is 12.8. The molecule has 1 aromatic rings. The summed E-state index contributed by atoms with van der Waals surface area (Å²) in [4.78, 5) is 23.2. The summed E-state index contributed by atoms with van der Waals surface area (Å²) in [5.74, 6) is -1.57. The number of carbonyl (C=O) groups is 2. The van der Waals surface area contributed by atoms with Crippen LogP contribution in [0.2, 0.25) is 5.02 Å². The van der Waals surface area contributed by atoms with E-state index in [1.165, 1.54) is 6.07 Å². The fourth-order valence-corrected chi connectivity index (χ4v) is 1.80. The molecular formula is C15H20ClNO4. The van der Waals surface area contributed by atoms with Crippen molar-refractivity contribution in [2.45, 2.75) is 38.8 Å². The third kappa shape index (κ3) is 6.60. The number of amides is 1. The zero-order chi connectivity index (χ0) is 16.0. The molecule has 0 saturated heterocycles. The third-order valence-corrected chi connectivity index (χ3v) is 2.87. The van der Waals surface area contributed by atoms with E-state index in [-0.39, 0.29) is 18.6 Å². The number of benzene rings is 1. The summed E-state index contributed by atoms with van der Waals surface area (Å²) >= 11 is 5.81. The molecule has 21 heavy (non-hydrogen) atoms. The molecule has 2 N–H and O–H groups in total. The van der Waals surface area contributed by atoms with Gasteiger partial charge in [0.2, 0.25) is 0 Å². The van der Waals surface area contributed by atoms with E-state index in [9.17, 15) is 9.59 Å². The zero-order valence-electron chi connectivity index (χ0n) is 12.4. The van der Waals surface area contributed by atoms with Gasteiger partial charge in [0.05, 0.1) is 5.60 Å². The minimum Gasteiger partial charge on any atom is -0.480 e. The van der Waals surface area contributed by atoms with Crippen LogP contribution in [0.25, 0.3) is 0 Å². The van der Waals surface area contributed by atoms with Gasteiger partial charge in [-0.15, -0.1) is 0 Å². The molecule has 5 nitrogen and oxygen atoms in total. The van der Waals surface area contributed by atoms with Gasteiger partial charge in [0, 0.05) is 23.6 Å². The molecule has 1 atom stereocenters. The Morgan fingerprint density at radius 2 is 2.05 bits per heavy atom. The molecule has 1 rings (SSSR count). The van der Waals surface area contributed by atoms with Crippen molar-refractivity contribution in [1.82, 2.24) is 5.32 Å². The first-order valence-electron chi connectivity index (χ1n) is 6.62. The van der Waals surface area contributed by atoms with Crippen molar-refractivity contribution in [2.75, 3.05) is 6.61 Å². The molecule has 0 aliphatic heterocycles. The van der Waals surface area contributed by atoms with E-state index in [4.69, 9.17) is 21.4 Å². The maximum atomic E-state index is 12.0. The van der Waals surface area contributed by atoms with E-state index < -0.39 is 17.9 Å². The highest BCUT2D eigenvalue weighted by Crippen LogP contribution is 2.11. The van der Waals surface area contributed by atoms with Gasteiger partial charge in [-0.1, -0.05) is 17.7 Å². The number of carboxylic acids is 1. The average Bonchev–Trinajstić information content (AvgIpc) is 2.35. The molecule has 0 fully saturated rings. The minimum absolute atomic E-state index is 0.193. The average molecular weight is 314 g/mol. The highest BCUT2D eigenvalue weighted by atomic mass is 35.5. The number of rotatable bonds is 6. The van der Waals surface area contributed by atoms with Gasteiger partial charge in [-0.05, 0) is 39.0 Å². The van der Waals surface area contributed by atoms with Crippen molar-refractivity contribution in [2.24, 2.45) is 0 Å². The monoisotopic (exact) mass is 313 g/mol. The molecule has 0 saturated carbocycles. The molecule has 6 heteroatoms. The van der Waals surface area contributed by atoms with Gasteiger partial charge in [-0.3, -0.25) is 4.79 Å². The molecule has 0 bridgehead atoms. The first kappa shape index (κ1) is 17.5. The predicted molar refractivity (Wildman–Crippen MR) is 80.7 cm³/mol. The van der Waals surface area contributed by atoms with Crippen molar-refractivity contribution in [1.29, 1.82) is 0 Å². The van der Waals surface area contributed by atoms with E-state index in [1.807, 2.05) is 20.8 Å². The van der Waals surface area contributed by atoms with Gasteiger partial charge < -0.3 is 15.2 Å². The van der Waals surface area contributed by atoms with E-state index >= 15 is 0 Å². The van der Waals surface area contributed by atoms with E-state index in [2.05, 4.69) is 5.32 Å². The van der Waals surface area contributed by atoms with Crippen LogP contribution in [0.15, 0.2) is 24.3 Å². The molecule has 0 spiro atoms. The van der Waals surface area contributed by atoms with E-state index in [1.54, 1.807) is 18.2 Å². The second kappa shape index (κ2) is 7.43. The summed E-state index contributed by atoms with van der Waals surface area (Å²) in [6.45, 7) is 5.89. The zero-order valence-corrected chi connectivity index (χ0v) is 13.1. The Kier molecular flexibility index (Phi) is 6.18. The fourth-order valence-electron chi connectivity index (χ4n) is 1.61. The summed E-state index contributed by atoms with van der Waals surface area (Å²) in [7, 11) is 0.